The molecule has 1 fully saturated rings. The fourth-order valence-corrected chi connectivity index (χ4v) is 5.36. The smallest absolute Gasteiger partial charge is 0.271 e. The lowest BCUT2D eigenvalue weighted by Crippen LogP contribution is -2.64. The molecule has 0 radical (unpaired) electrons. The average molecular weight is 508 g/mol. The van der Waals surface area contributed by atoms with Crippen LogP contribution in [-0.2, 0) is 22.6 Å². The molecule has 5 rings (SSSR count). The van der Waals surface area contributed by atoms with Crippen molar-refractivity contribution in [1.29, 1.82) is 0 Å². The summed E-state index contributed by atoms with van der Waals surface area (Å²) < 4.78 is 24.2. The van der Waals surface area contributed by atoms with Gasteiger partial charge in [-0.1, -0.05) is 12.1 Å². The number of ether oxygens (including phenoxy) is 4. The Balaban J connectivity index is 1.57. The molecule has 1 aromatic heterocycles. The number of fused-ring (bicyclic) bond motifs is 3. The molecule has 1 N–H and O–H groups in total. The minimum atomic E-state index is -1.17. The molecule has 0 saturated carbocycles. The van der Waals surface area contributed by atoms with Gasteiger partial charge in [0.1, 0.15) is 17.0 Å². The van der Waals surface area contributed by atoms with Gasteiger partial charge in [-0.05, 0) is 44.0 Å². The van der Waals surface area contributed by atoms with Gasteiger partial charge in [-0.3, -0.25) is 9.59 Å². The van der Waals surface area contributed by atoms with Crippen molar-refractivity contribution in [1.82, 2.24) is 14.8 Å². The zero-order valence-electron chi connectivity index (χ0n) is 21.7. The van der Waals surface area contributed by atoms with Gasteiger partial charge >= 0.3 is 0 Å². The molecule has 2 aromatic carbocycles. The number of carbonyl (C=O) groups is 2. The Hall–Kier alpha value is -3.72. The quantitative estimate of drug-likeness (QED) is 0.503. The van der Waals surface area contributed by atoms with Gasteiger partial charge < -0.3 is 33.7 Å². The number of aromatic nitrogens is 1. The number of benzene rings is 2. The van der Waals surface area contributed by atoms with Gasteiger partial charge in [0.15, 0.2) is 11.5 Å². The second-order valence-corrected chi connectivity index (χ2v) is 9.70. The van der Waals surface area contributed by atoms with E-state index in [2.05, 4.69) is 5.32 Å². The molecule has 2 aliphatic rings. The van der Waals surface area contributed by atoms with E-state index in [1.54, 1.807) is 32.3 Å². The van der Waals surface area contributed by atoms with E-state index in [1.807, 2.05) is 47.9 Å². The van der Waals surface area contributed by atoms with Crippen molar-refractivity contribution in [2.75, 3.05) is 34.5 Å². The summed E-state index contributed by atoms with van der Waals surface area (Å²) in [6.07, 6.45) is 1.89. The predicted octanol–water partition coefficient (Wildman–Crippen LogP) is 3.38. The molecule has 2 amide bonds. The van der Waals surface area contributed by atoms with Crippen LogP contribution in [0.15, 0.2) is 42.5 Å². The largest absolute Gasteiger partial charge is 0.497 e. The van der Waals surface area contributed by atoms with Gasteiger partial charge in [0.2, 0.25) is 5.91 Å². The molecular weight excluding hydrogens is 474 g/mol. The van der Waals surface area contributed by atoms with Crippen LogP contribution in [0.25, 0.3) is 10.9 Å². The van der Waals surface area contributed by atoms with Crippen LogP contribution in [0, 0.1) is 0 Å². The van der Waals surface area contributed by atoms with Gasteiger partial charge in [0.25, 0.3) is 5.91 Å². The summed E-state index contributed by atoms with van der Waals surface area (Å²) in [6.45, 7) is 3.39. The highest BCUT2D eigenvalue weighted by Crippen LogP contribution is 2.38. The van der Waals surface area contributed by atoms with Gasteiger partial charge in [0, 0.05) is 30.2 Å². The third-order valence-electron chi connectivity index (χ3n) is 7.45. The third kappa shape index (κ3) is 4.37. The minimum Gasteiger partial charge on any atom is -0.497 e. The summed E-state index contributed by atoms with van der Waals surface area (Å²) >= 11 is 0. The number of para-hydroxylation sites is 1. The Morgan fingerprint density at radius 2 is 1.97 bits per heavy atom. The zero-order chi connectivity index (χ0) is 26.2. The van der Waals surface area contributed by atoms with Crippen LogP contribution in [0.5, 0.6) is 17.2 Å². The van der Waals surface area contributed by atoms with E-state index < -0.39 is 5.54 Å². The van der Waals surface area contributed by atoms with E-state index in [9.17, 15) is 9.59 Å². The van der Waals surface area contributed by atoms with Crippen molar-refractivity contribution in [3.8, 4) is 17.2 Å². The highest BCUT2D eigenvalue weighted by Gasteiger charge is 2.48. The molecular formula is C28H33N3O6. The zero-order valence-corrected chi connectivity index (χ0v) is 21.7. The Kier molecular flexibility index (Phi) is 6.72. The number of rotatable bonds is 8. The molecule has 0 spiro atoms. The maximum absolute atomic E-state index is 14.1. The number of nitrogens with one attached hydrogen (secondary N) is 1. The molecule has 1 saturated heterocycles. The summed E-state index contributed by atoms with van der Waals surface area (Å²) in [5, 5.41) is 3.97. The lowest BCUT2D eigenvalue weighted by Gasteiger charge is -2.44. The van der Waals surface area contributed by atoms with E-state index in [0.29, 0.717) is 36.1 Å². The third-order valence-corrected chi connectivity index (χ3v) is 7.45. The highest BCUT2D eigenvalue weighted by molar-refractivity contribution is 6.03. The Labute approximate surface area is 216 Å². The van der Waals surface area contributed by atoms with E-state index in [4.69, 9.17) is 18.9 Å². The van der Waals surface area contributed by atoms with E-state index in [0.717, 1.165) is 29.3 Å². The SMILES string of the molecule is COc1ccc2cc3n(c2c1)C[C@](C)(C(=O)NC[C@@H]1CCCO1)N(Cc1cccc(OC)c1OC)C3=O. The van der Waals surface area contributed by atoms with Crippen LogP contribution in [-0.4, -0.2) is 67.4 Å². The van der Waals surface area contributed by atoms with Gasteiger partial charge in [0.05, 0.1) is 46.0 Å². The number of carbonyl (C=O) groups excluding carboxylic acids is 2. The van der Waals surface area contributed by atoms with Crippen molar-refractivity contribution < 1.29 is 28.5 Å². The van der Waals surface area contributed by atoms with E-state index >= 15 is 0 Å². The van der Waals surface area contributed by atoms with E-state index in [1.165, 1.54) is 0 Å². The Bertz CT molecular complexity index is 1330. The molecule has 37 heavy (non-hydrogen) atoms. The summed E-state index contributed by atoms with van der Waals surface area (Å²) in [7, 11) is 4.75. The molecule has 0 bridgehead atoms. The number of amides is 2. The summed E-state index contributed by atoms with van der Waals surface area (Å²) in [5.74, 6) is 1.33. The number of nitrogens with zero attached hydrogens (tertiary/aromatic N) is 2. The first kappa shape index (κ1) is 25.0. The van der Waals surface area contributed by atoms with Crippen molar-refractivity contribution in [2.45, 2.75) is 44.5 Å². The van der Waals surface area contributed by atoms with Crippen molar-refractivity contribution >= 4 is 22.7 Å². The van der Waals surface area contributed by atoms with Gasteiger partial charge in [-0.15, -0.1) is 0 Å². The van der Waals surface area contributed by atoms with Crippen LogP contribution in [0.4, 0.5) is 0 Å². The molecule has 0 unspecified atom stereocenters. The maximum Gasteiger partial charge on any atom is 0.271 e. The van der Waals surface area contributed by atoms with Crippen LogP contribution in [0.1, 0.15) is 35.8 Å². The van der Waals surface area contributed by atoms with Crippen LogP contribution < -0.4 is 19.5 Å². The monoisotopic (exact) mass is 507 g/mol. The second kappa shape index (κ2) is 9.97. The Morgan fingerprint density at radius 1 is 1.14 bits per heavy atom. The molecule has 2 aliphatic heterocycles. The predicted molar refractivity (Wildman–Crippen MR) is 138 cm³/mol. The second-order valence-electron chi connectivity index (χ2n) is 9.70. The van der Waals surface area contributed by atoms with Gasteiger partial charge in [-0.25, -0.2) is 0 Å². The van der Waals surface area contributed by atoms with E-state index in [-0.39, 0.29) is 31.0 Å². The molecule has 0 aliphatic carbocycles. The molecule has 9 nitrogen and oxygen atoms in total. The standard InChI is InChI=1S/C28H33N3O6/c1-28(27(33)29-15-21-8-6-12-37-21)17-30-22-14-20(34-2)11-10-18(22)13-23(30)26(32)31(28)16-19-7-5-9-24(35-3)25(19)36-4/h5,7,9-11,13-14,21H,6,8,12,15-17H2,1-4H3,(H,29,33)/t21-,28+/m0/s1. The van der Waals surface area contributed by atoms with Crippen molar-refractivity contribution in [2.24, 2.45) is 0 Å². The summed E-state index contributed by atoms with van der Waals surface area (Å²) in [5.41, 5.74) is 0.944. The molecule has 3 aromatic rings. The normalized spacial score (nSPS) is 21.1. The fraction of sp³-hybridized carbons (Fsp3) is 0.429. The number of hydrogen-bond donors (Lipinski definition) is 1. The van der Waals surface area contributed by atoms with Crippen molar-refractivity contribution in [3.05, 3.63) is 53.7 Å². The lowest BCUT2D eigenvalue weighted by atomic mass is 9.93. The molecule has 9 heteroatoms. The topological polar surface area (TPSA) is 91.3 Å². The summed E-state index contributed by atoms with van der Waals surface area (Å²) in [6, 6.07) is 13.1. The first-order valence-corrected chi connectivity index (χ1v) is 12.5. The first-order valence-electron chi connectivity index (χ1n) is 12.5. The molecule has 196 valence electrons. The van der Waals surface area contributed by atoms with Crippen LogP contribution >= 0.6 is 0 Å². The highest BCUT2D eigenvalue weighted by atomic mass is 16.5. The fourth-order valence-electron chi connectivity index (χ4n) is 5.36. The first-order chi connectivity index (χ1) is 17.9. The van der Waals surface area contributed by atoms with Gasteiger partial charge in [-0.2, -0.15) is 0 Å². The summed E-state index contributed by atoms with van der Waals surface area (Å²) in [4.78, 5) is 29.6. The van der Waals surface area contributed by atoms with Crippen molar-refractivity contribution in [3.63, 3.8) is 0 Å². The number of hydrogen-bond acceptors (Lipinski definition) is 6. The maximum atomic E-state index is 14.1. The average Bonchev–Trinajstić information content (AvgIpc) is 3.57. The van der Waals surface area contributed by atoms with Crippen LogP contribution in [0.3, 0.4) is 0 Å². The minimum absolute atomic E-state index is 0.00833. The Morgan fingerprint density at radius 3 is 2.68 bits per heavy atom. The number of methoxy groups -OCH3 is 3. The lowest BCUT2D eigenvalue weighted by molar-refractivity contribution is -0.133. The van der Waals surface area contributed by atoms with Crippen LogP contribution in [0.2, 0.25) is 0 Å². The molecule has 2 atom stereocenters. The molecule has 3 heterocycles.